The largest absolute Gasteiger partial charge is 0.380 e. The number of Topliss-reactive ketones (excluding diaryl/α,β-unsaturated/α-hetero) is 1. The fraction of sp³-hybridized carbons (Fsp3) is 0.615. The average Bonchev–Trinajstić information content (AvgIpc) is 2.25. The number of hydrogen-bond donors (Lipinski definition) is 1. The van der Waals surface area contributed by atoms with Crippen LogP contribution in [0.2, 0.25) is 0 Å². The number of carbonyl (C=O) groups excluding carboxylic acids is 1. The number of allylic oxidation sites excluding steroid dienone is 3. The van der Waals surface area contributed by atoms with E-state index < -0.39 is 5.60 Å². The Morgan fingerprint density at radius 1 is 1.56 bits per heavy atom. The number of alkyl halides is 1. The molecule has 0 fully saturated rings. The molecule has 0 aromatic rings. The Balaban J connectivity index is 2.54. The number of rotatable bonds is 1. The van der Waals surface area contributed by atoms with Crippen LogP contribution in [0, 0.1) is 11.3 Å². The van der Waals surface area contributed by atoms with Crippen LogP contribution in [0.4, 0.5) is 0 Å². The van der Waals surface area contributed by atoms with Crippen molar-refractivity contribution in [2.75, 3.05) is 5.88 Å². The van der Waals surface area contributed by atoms with Gasteiger partial charge in [0.1, 0.15) is 5.60 Å². The second kappa shape index (κ2) is 3.71. The Labute approximate surface area is 101 Å². The van der Waals surface area contributed by atoms with Crippen molar-refractivity contribution in [3.05, 3.63) is 23.8 Å². The monoisotopic (exact) mass is 240 g/mol. The number of aliphatic hydroxyl groups is 1. The number of ketones is 1. The minimum Gasteiger partial charge on any atom is -0.380 e. The van der Waals surface area contributed by atoms with Crippen molar-refractivity contribution in [3.8, 4) is 0 Å². The van der Waals surface area contributed by atoms with Crippen LogP contribution in [0.5, 0.6) is 0 Å². The minimum absolute atomic E-state index is 0.0227. The molecule has 1 N–H and O–H groups in total. The molecule has 0 saturated carbocycles. The molecule has 0 aliphatic heterocycles. The fourth-order valence-electron chi connectivity index (χ4n) is 3.09. The van der Waals surface area contributed by atoms with Crippen LogP contribution in [-0.4, -0.2) is 22.4 Å². The van der Waals surface area contributed by atoms with Gasteiger partial charge in [0.05, 0.1) is 5.88 Å². The maximum Gasteiger partial charge on any atom is 0.191 e. The molecular weight excluding hydrogens is 224 g/mol. The Morgan fingerprint density at radius 3 is 2.88 bits per heavy atom. The summed E-state index contributed by atoms with van der Waals surface area (Å²) in [6.07, 6.45) is 7.73. The summed E-state index contributed by atoms with van der Waals surface area (Å²) in [5.41, 5.74) is -0.895. The highest BCUT2D eigenvalue weighted by atomic mass is 35.5. The van der Waals surface area contributed by atoms with Crippen molar-refractivity contribution in [1.29, 1.82) is 0 Å². The summed E-state index contributed by atoms with van der Waals surface area (Å²) in [6, 6.07) is 0. The van der Waals surface area contributed by atoms with Gasteiger partial charge in [0.25, 0.3) is 0 Å². The Hall–Kier alpha value is -0.600. The van der Waals surface area contributed by atoms with Crippen molar-refractivity contribution in [1.82, 2.24) is 0 Å². The summed E-state index contributed by atoms with van der Waals surface area (Å²) < 4.78 is 0. The van der Waals surface area contributed by atoms with Crippen LogP contribution >= 0.6 is 11.6 Å². The van der Waals surface area contributed by atoms with Crippen molar-refractivity contribution in [2.24, 2.45) is 11.3 Å². The zero-order valence-electron chi connectivity index (χ0n) is 9.66. The highest BCUT2D eigenvalue weighted by Gasteiger charge is 2.54. The fourth-order valence-corrected chi connectivity index (χ4v) is 3.40. The lowest BCUT2D eigenvalue weighted by atomic mass is 9.58. The third-order valence-corrected chi connectivity index (χ3v) is 4.38. The van der Waals surface area contributed by atoms with Crippen LogP contribution in [0.25, 0.3) is 0 Å². The molecule has 3 atom stereocenters. The number of hydrogen-bond acceptors (Lipinski definition) is 2. The van der Waals surface area contributed by atoms with Gasteiger partial charge in [0.15, 0.2) is 5.78 Å². The minimum atomic E-state index is -1.39. The van der Waals surface area contributed by atoms with E-state index in [9.17, 15) is 9.90 Å². The normalized spacial score (nSPS) is 42.9. The summed E-state index contributed by atoms with van der Waals surface area (Å²) in [6.45, 7) is 3.86. The summed E-state index contributed by atoms with van der Waals surface area (Å²) in [4.78, 5) is 12.0. The van der Waals surface area contributed by atoms with Crippen molar-refractivity contribution >= 4 is 17.4 Å². The van der Waals surface area contributed by atoms with E-state index in [0.717, 1.165) is 12.8 Å². The predicted molar refractivity (Wildman–Crippen MR) is 64.4 cm³/mol. The molecule has 0 bridgehead atoms. The molecule has 2 aliphatic rings. The molecule has 0 spiro atoms. The van der Waals surface area contributed by atoms with Crippen molar-refractivity contribution in [3.63, 3.8) is 0 Å². The van der Waals surface area contributed by atoms with E-state index in [1.54, 1.807) is 6.92 Å². The first kappa shape index (κ1) is 11.9. The van der Waals surface area contributed by atoms with Gasteiger partial charge in [-0.15, -0.1) is 11.6 Å². The molecule has 16 heavy (non-hydrogen) atoms. The van der Waals surface area contributed by atoms with Crippen molar-refractivity contribution < 1.29 is 9.90 Å². The van der Waals surface area contributed by atoms with Gasteiger partial charge in [-0.2, -0.15) is 0 Å². The topological polar surface area (TPSA) is 37.3 Å². The number of fused-ring (bicyclic) bond motifs is 1. The van der Waals surface area contributed by atoms with Gasteiger partial charge >= 0.3 is 0 Å². The maximum atomic E-state index is 12.0. The lowest BCUT2D eigenvalue weighted by Crippen LogP contribution is -2.56. The van der Waals surface area contributed by atoms with Gasteiger partial charge in [-0.1, -0.05) is 25.2 Å². The third-order valence-electron chi connectivity index (χ3n) is 3.97. The standard InChI is InChI=1S/C13H17ClO2/c1-9-7-12(2)6-4-3-5-10(12)13(16,8-14)11(9)15/h3-4,7,10,16H,5-6,8H2,1-2H3/t10-,12-,13-/m1/s1. The molecule has 2 nitrogen and oxygen atoms in total. The predicted octanol–water partition coefficient (Wildman–Crippen LogP) is 2.46. The first-order chi connectivity index (χ1) is 7.44. The molecule has 2 rings (SSSR count). The van der Waals surface area contributed by atoms with E-state index in [1.165, 1.54) is 0 Å². The number of halogens is 1. The first-order valence-corrected chi connectivity index (χ1v) is 6.15. The zero-order chi connectivity index (χ0) is 12.0. The van der Waals surface area contributed by atoms with E-state index in [-0.39, 0.29) is 23.0 Å². The molecule has 2 aliphatic carbocycles. The van der Waals surface area contributed by atoms with Crippen LogP contribution < -0.4 is 0 Å². The van der Waals surface area contributed by atoms with Gasteiger partial charge in [0, 0.05) is 5.92 Å². The van der Waals surface area contributed by atoms with E-state index in [4.69, 9.17) is 11.6 Å². The lowest BCUT2D eigenvalue weighted by molar-refractivity contribution is -0.143. The summed E-state index contributed by atoms with van der Waals surface area (Å²) in [7, 11) is 0. The Morgan fingerprint density at radius 2 is 2.25 bits per heavy atom. The molecule has 0 unspecified atom stereocenters. The highest BCUT2D eigenvalue weighted by molar-refractivity contribution is 6.22. The van der Waals surface area contributed by atoms with Gasteiger partial charge in [-0.05, 0) is 30.8 Å². The smallest absolute Gasteiger partial charge is 0.191 e. The average molecular weight is 241 g/mol. The lowest BCUT2D eigenvalue weighted by Gasteiger charge is -2.48. The summed E-state index contributed by atoms with van der Waals surface area (Å²) in [5.74, 6) is -0.329. The van der Waals surface area contributed by atoms with Gasteiger partial charge in [-0.3, -0.25) is 4.79 Å². The quantitative estimate of drug-likeness (QED) is 0.565. The molecule has 3 heteroatoms. The van der Waals surface area contributed by atoms with Crippen LogP contribution in [0.15, 0.2) is 23.8 Å². The molecule has 0 saturated heterocycles. The molecule has 0 aromatic carbocycles. The van der Waals surface area contributed by atoms with E-state index >= 15 is 0 Å². The molecule has 0 heterocycles. The second-order valence-corrected chi connectivity index (χ2v) is 5.45. The molecule has 88 valence electrons. The van der Waals surface area contributed by atoms with Gasteiger partial charge < -0.3 is 5.11 Å². The first-order valence-electron chi connectivity index (χ1n) is 5.61. The van der Waals surface area contributed by atoms with Gasteiger partial charge in [-0.25, -0.2) is 0 Å². The van der Waals surface area contributed by atoms with E-state index in [0.29, 0.717) is 5.57 Å². The Kier molecular flexibility index (Phi) is 2.75. The van der Waals surface area contributed by atoms with Crippen LogP contribution in [-0.2, 0) is 4.79 Å². The summed E-state index contributed by atoms with van der Waals surface area (Å²) in [5, 5.41) is 10.5. The van der Waals surface area contributed by atoms with Crippen molar-refractivity contribution in [2.45, 2.75) is 32.3 Å². The van der Waals surface area contributed by atoms with E-state index in [1.807, 2.05) is 12.2 Å². The highest BCUT2D eigenvalue weighted by Crippen LogP contribution is 2.49. The third kappa shape index (κ3) is 1.47. The number of carbonyl (C=O) groups is 1. The van der Waals surface area contributed by atoms with E-state index in [2.05, 4.69) is 13.0 Å². The van der Waals surface area contributed by atoms with Crippen LogP contribution in [0.3, 0.4) is 0 Å². The van der Waals surface area contributed by atoms with Crippen LogP contribution in [0.1, 0.15) is 26.7 Å². The maximum absolute atomic E-state index is 12.0. The second-order valence-electron chi connectivity index (χ2n) is 5.18. The zero-order valence-corrected chi connectivity index (χ0v) is 10.4. The molecule has 0 aromatic heterocycles. The SMILES string of the molecule is CC1=C[C@@]2(C)CC=CC[C@H]2[C@](O)(CCl)C1=O. The molecule has 0 radical (unpaired) electrons. The molecule has 0 amide bonds. The van der Waals surface area contributed by atoms with Gasteiger partial charge in [0.2, 0.25) is 0 Å². The molecular formula is C13H17ClO2. The Bertz CT molecular complexity index is 385. The summed E-state index contributed by atoms with van der Waals surface area (Å²) >= 11 is 5.84.